The molecule has 1 amide bonds. The summed E-state index contributed by atoms with van der Waals surface area (Å²) in [6.45, 7) is 13.2. The zero-order valence-corrected chi connectivity index (χ0v) is 28.0. The summed E-state index contributed by atoms with van der Waals surface area (Å²) >= 11 is 0. The van der Waals surface area contributed by atoms with E-state index >= 15 is 0 Å². The molecule has 234 valence electrons. The number of carbonyl (C=O) groups excluding carboxylic acids is 2. The van der Waals surface area contributed by atoms with Crippen LogP contribution in [0.3, 0.4) is 0 Å². The van der Waals surface area contributed by atoms with Crippen molar-refractivity contribution in [3.05, 3.63) is 95.1 Å². The minimum absolute atomic E-state index is 0. The first-order valence-corrected chi connectivity index (χ1v) is 15.6. The highest BCUT2D eigenvalue weighted by Gasteiger charge is 2.24. The van der Waals surface area contributed by atoms with Crippen LogP contribution < -0.4 is 27.0 Å². The lowest BCUT2D eigenvalue weighted by atomic mass is 10.1. The number of hydrogen-bond acceptors (Lipinski definition) is 4. The van der Waals surface area contributed by atoms with Gasteiger partial charge in [0.15, 0.2) is 0 Å². The maximum absolute atomic E-state index is 13.0. The fraction of sp³-hybridized carbons (Fsp3) is 0.444. The maximum Gasteiger partial charge on any atom is 0.338 e. The number of aryl methyl sites for hydroxylation is 1. The molecule has 0 aliphatic heterocycles. The van der Waals surface area contributed by atoms with E-state index in [9.17, 15) is 9.59 Å². The molecule has 3 aromatic carbocycles. The minimum Gasteiger partial charge on any atom is -1.00 e. The molecule has 43 heavy (non-hydrogen) atoms. The highest BCUT2D eigenvalue weighted by atomic mass is 79.9. The van der Waals surface area contributed by atoms with E-state index in [2.05, 4.69) is 57.3 Å². The molecule has 0 fully saturated rings. The van der Waals surface area contributed by atoms with Gasteiger partial charge in [-0.1, -0.05) is 81.0 Å². The summed E-state index contributed by atoms with van der Waals surface area (Å²) in [5.74, 6) is -0.0207. The minimum atomic E-state index is -0.359. The van der Waals surface area contributed by atoms with Crippen molar-refractivity contribution in [2.24, 2.45) is 0 Å². The van der Waals surface area contributed by atoms with Gasteiger partial charge in [0.05, 0.1) is 30.8 Å². The van der Waals surface area contributed by atoms with Gasteiger partial charge in [0, 0.05) is 11.3 Å². The third kappa shape index (κ3) is 11.8. The SMILES string of the molecule is CCCCCCCCOc1ccccc1C(=O)Nc1ccc(C(=O)OCC[N+](CC)(CC)Cc2cccc(C)c2)cc1.[Br-]. The second-order valence-corrected chi connectivity index (χ2v) is 11.1. The predicted molar refractivity (Wildman–Crippen MR) is 171 cm³/mol. The van der Waals surface area contributed by atoms with Crippen LogP contribution in [0.2, 0.25) is 0 Å². The molecule has 7 heteroatoms. The quantitative estimate of drug-likeness (QED) is 0.117. The highest BCUT2D eigenvalue weighted by Crippen LogP contribution is 2.21. The summed E-state index contributed by atoms with van der Waals surface area (Å²) in [5, 5.41) is 2.92. The molecule has 0 heterocycles. The van der Waals surface area contributed by atoms with E-state index in [0.717, 1.165) is 43.5 Å². The van der Waals surface area contributed by atoms with Crippen molar-refractivity contribution >= 4 is 17.6 Å². The number of esters is 1. The number of likely N-dealkylation sites (N-methyl/N-ethyl adjacent to an activating group) is 1. The Morgan fingerprint density at radius 2 is 1.49 bits per heavy atom. The summed E-state index contributed by atoms with van der Waals surface area (Å²) in [5.41, 5.74) is 4.11. The Bertz CT molecular complexity index is 1260. The number of benzene rings is 3. The third-order valence-corrected chi connectivity index (χ3v) is 8.01. The molecular formula is C36H49BrN2O4. The molecule has 3 aromatic rings. The van der Waals surface area contributed by atoms with E-state index in [-0.39, 0.29) is 28.9 Å². The van der Waals surface area contributed by atoms with Crippen LogP contribution in [0, 0.1) is 6.92 Å². The number of anilines is 1. The lowest BCUT2D eigenvalue weighted by molar-refractivity contribution is -0.937. The number of quaternary nitrogens is 1. The van der Waals surface area contributed by atoms with Crippen molar-refractivity contribution in [3.63, 3.8) is 0 Å². The van der Waals surface area contributed by atoms with Crippen molar-refractivity contribution in [2.45, 2.75) is 72.8 Å². The van der Waals surface area contributed by atoms with Crippen LogP contribution in [-0.4, -0.2) is 49.2 Å². The van der Waals surface area contributed by atoms with E-state index in [4.69, 9.17) is 9.47 Å². The summed E-state index contributed by atoms with van der Waals surface area (Å²) in [6, 6.07) is 22.7. The van der Waals surface area contributed by atoms with E-state index in [1.54, 1.807) is 30.3 Å². The van der Waals surface area contributed by atoms with E-state index in [1.165, 1.54) is 36.8 Å². The number of nitrogens with one attached hydrogen (secondary N) is 1. The number of carbonyl (C=O) groups is 2. The van der Waals surface area contributed by atoms with Crippen LogP contribution in [0.5, 0.6) is 5.75 Å². The first-order valence-electron chi connectivity index (χ1n) is 15.6. The number of para-hydroxylation sites is 1. The Morgan fingerprint density at radius 3 is 2.19 bits per heavy atom. The standard InChI is InChI=1S/C36H48N2O4.BrH/c1-5-8-9-10-11-14-25-41-34-19-13-12-18-33(34)35(39)37-32-22-20-31(21-23-32)36(40)42-26-24-38(6-2,7-3)28-30-17-15-16-29(4)27-30;/h12-13,15-23,27H,5-11,14,24-26,28H2,1-4H3;1H. The fourth-order valence-electron chi connectivity index (χ4n) is 5.19. The lowest BCUT2D eigenvalue weighted by Crippen LogP contribution is -3.00. The predicted octanol–water partition coefficient (Wildman–Crippen LogP) is 5.20. The van der Waals surface area contributed by atoms with Crippen LogP contribution >= 0.6 is 0 Å². The van der Waals surface area contributed by atoms with Gasteiger partial charge >= 0.3 is 5.97 Å². The Hall–Kier alpha value is -3.16. The number of hydrogen-bond donors (Lipinski definition) is 1. The number of ether oxygens (including phenoxy) is 2. The van der Waals surface area contributed by atoms with Crippen LogP contribution in [0.25, 0.3) is 0 Å². The molecule has 0 unspecified atom stereocenters. The van der Waals surface area contributed by atoms with Gasteiger partial charge in [-0.05, 0) is 63.6 Å². The van der Waals surface area contributed by atoms with Crippen molar-refractivity contribution in [1.29, 1.82) is 0 Å². The van der Waals surface area contributed by atoms with Gasteiger partial charge in [-0.3, -0.25) is 4.79 Å². The zero-order chi connectivity index (χ0) is 30.2. The second-order valence-electron chi connectivity index (χ2n) is 11.1. The Labute approximate surface area is 269 Å². The summed E-state index contributed by atoms with van der Waals surface area (Å²) in [4.78, 5) is 25.8. The topological polar surface area (TPSA) is 64.6 Å². The van der Waals surface area contributed by atoms with Gasteiger partial charge in [0.25, 0.3) is 5.91 Å². The smallest absolute Gasteiger partial charge is 0.338 e. The fourth-order valence-corrected chi connectivity index (χ4v) is 5.19. The summed E-state index contributed by atoms with van der Waals surface area (Å²) in [6.07, 6.45) is 7.10. The maximum atomic E-state index is 13.0. The molecule has 0 radical (unpaired) electrons. The molecule has 3 rings (SSSR count). The molecule has 0 aromatic heterocycles. The van der Waals surface area contributed by atoms with Crippen LogP contribution in [0.4, 0.5) is 5.69 Å². The van der Waals surface area contributed by atoms with E-state index in [1.807, 2.05) is 18.2 Å². The van der Waals surface area contributed by atoms with Crippen molar-refractivity contribution in [3.8, 4) is 5.75 Å². The third-order valence-electron chi connectivity index (χ3n) is 8.01. The largest absolute Gasteiger partial charge is 1.00 e. The van der Waals surface area contributed by atoms with Gasteiger partial charge in [-0.25, -0.2) is 4.79 Å². The van der Waals surface area contributed by atoms with Gasteiger partial charge in [-0.2, -0.15) is 0 Å². The van der Waals surface area contributed by atoms with Crippen LogP contribution in [-0.2, 0) is 11.3 Å². The Balaban J connectivity index is 0.00000645. The molecule has 6 nitrogen and oxygen atoms in total. The molecule has 0 bridgehead atoms. The molecule has 0 saturated heterocycles. The highest BCUT2D eigenvalue weighted by molar-refractivity contribution is 6.06. The molecule has 0 atom stereocenters. The van der Waals surface area contributed by atoms with Crippen LogP contribution in [0.1, 0.15) is 91.1 Å². The van der Waals surface area contributed by atoms with E-state index < -0.39 is 0 Å². The normalized spacial score (nSPS) is 11.0. The molecule has 0 spiro atoms. The van der Waals surface area contributed by atoms with Crippen LogP contribution in [0.15, 0.2) is 72.8 Å². The Morgan fingerprint density at radius 1 is 0.791 bits per heavy atom. The van der Waals surface area contributed by atoms with Gasteiger partial charge in [0.2, 0.25) is 0 Å². The number of nitrogens with zero attached hydrogens (tertiary/aromatic N) is 1. The molecule has 0 saturated carbocycles. The van der Waals surface area contributed by atoms with Gasteiger partial charge < -0.3 is 36.3 Å². The average molecular weight is 654 g/mol. The van der Waals surface area contributed by atoms with Crippen molar-refractivity contribution < 1.29 is 40.5 Å². The zero-order valence-electron chi connectivity index (χ0n) is 26.4. The molecule has 1 N–H and O–H groups in total. The molecule has 0 aliphatic carbocycles. The monoisotopic (exact) mass is 652 g/mol. The first-order chi connectivity index (χ1) is 20.4. The molecule has 0 aliphatic rings. The number of rotatable bonds is 18. The first kappa shape index (κ1) is 36.0. The second kappa shape index (κ2) is 19.2. The number of halogens is 1. The Kier molecular flexibility index (Phi) is 16.1. The van der Waals surface area contributed by atoms with E-state index in [0.29, 0.717) is 35.8 Å². The summed E-state index contributed by atoms with van der Waals surface area (Å²) in [7, 11) is 0. The number of amides is 1. The summed E-state index contributed by atoms with van der Waals surface area (Å²) < 4.78 is 12.5. The lowest BCUT2D eigenvalue weighted by Gasteiger charge is -2.36. The van der Waals surface area contributed by atoms with Gasteiger partial charge in [0.1, 0.15) is 25.4 Å². The van der Waals surface area contributed by atoms with Crippen molar-refractivity contribution in [2.75, 3.05) is 38.2 Å². The van der Waals surface area contributed by atoms with Gasteiger partial charge in [-0.15, -0.1) is 0 Å². The average Bonchev–Trinajstić information content (AvgIpc) is 3.00. The van der Waals surface area contributed by atoms with Crippen molar-refractivity contribution in [1.82, 2.24) is 0 Å². The number of unbranched alkanes of at least 4 members (excludes halogenated alkanes) is 5. The molecular weight excluding hydrogens is 604 g/mol.